The second-order valence-corrected chi connectivity index (χ2v) is 8.22. The summed E-state index contributed by atoms with van der Waals surface area (Å²) < 4.78 is 20.5. The molecule has 0 radical (unpaired) electrons. The molecule has 0 unspecified atom stereocenters. The van der Waals surface area contributed by atoms with Crippen molar-refractivity contribution in [3.8, 4) is 5.75 Å². The highest BCUT2D eigenvalue weighted by molar-refractivity contribution is 5.78. The van der Waals surface area contributed by atoms with E-state index < -0.39 is 0 Å². The summed E-state index contributed by atoms with van der Waals surface area (Å²) in [7, 11) is 4.00. The van der Waals surface area contributed by atoms with Crippen molar-refractivity contribution in [2.45, 2.75) is 18.4 Å². The van der Waals surface area contributed by atoms with E-state index in [-0.39, 0.29) is 41.8 Å². The number of rotatable bonds is 5. The second kappa shape index (κ2) is 7.99. The third kappa shape index (κ3) is 4.05. The van der Waals surface area contributed by atoms with Gasteiger partial charge in [0.2, 0.25) is 0 Å². The van der Waals surface area contributed by atoms with E-state index in [9.17, 15) is 14.0 Å². The van der Waals surface area contributed by atoms with Gasteiger partial charge >= 0.3 is 0 Å². The molecule has 154 valence electrons. The molecule has 2 bridgehead atoms. The van der Waals surface area contributed by atoms with Crippen molar-refractivity contribution in [2.75, 3.05) is 40.3 Å². The molecular weight excluding hydrogens is 373 g/mol. The maximum absolute atomic E-state index is 13.0. The standard InChI is InChI=1S/C22H26FN3O3/c1-24(2)13-20-16-10-15(19-4-3-5-21(27)26(19)20)11-25(12-16)22(28)14-29-18-8-6-17(23)7-9-18/h3-9,15-16,20H,10-14H2,1-2H3/t15-,16+,20+/m1/s1. The van der Waals surface area contributed by atoms with Gasteiger partial charge in [0, 0.05) is 37.3 Å². The van der Waals surface area contributed by atoms with Gasteiger partial charge in [-0.2, -0.15) is 0 Å². The first-order valence-corrected chi connectivity index (χ1v) is 9.94. The first-order valence-electron chi connectivity index (χ1n) is 9.94. The monoisotopic (exact) mass is 399 g/mol. The number of nitrogens with zero attached hydrogens (tertiary/aromatic N) is 3. The summed E-state index contributed by atoms with van der Waals surface area (Å²) in [6.45, 7) is 1.87. The third-order valence-corrected chi connectivity index (χ3v) is 5.88. The van der Waals surface area contributed by atoms with Crippen LogP contribution in [0, 0.1) is 11.7 Å². The van der Waals surface area contributed by atoms with E-state index in [2.05, 4.69) is 4.90 Å². The quantitative estimate of drug-likeness (QED) is 0.773. The van der Waals surface area contributed by atoms with Crippen LogP contribution in [0.2, 0.25) is 0 Å². The lowest BCUT2D eigenvalue weighted by atomic mass is 9.78. The molecule has 2 aliphatic rings. The van der Waals surface area contributed by atoms with Crippen molar-refractivity contribution in [3.05, 3.63) is 64.3 Å². The summed E-state index contributed by atoms with van der Waals surface area (Å²) in [5.41, 5.74) is 1.04. The molecule has 3 heterocycles. The Bertz CT molecular complexity index is 941. The molecule has 0 N–H and O–H groups in total. The van der Waals surface area contributed by atoms with E-state index in [0.717, 1.165) is 18.7 Å². The van der Waals surface area contributed by atoms with Crippen molar-refractivity contribution >= 4 is 5.91 Å². The molecule has 1 saturated heterocycles. The predicted octanol–water partition coefficient (Wildman–Crippen LogP) is 2.11. The topological polar surface area (TPSA) is 54.8 Å². The summed E-state index contributed by atoms with van der Waals surface area (Å²) >= 11 is 0. The number of carbonyl (C=O) groups excluding carboxylic acids is 1. The highest BCUT2D eigenvalue weighted by Crippen LogP contribution is 2.41. The van der Waals surface area contributed by atoms with Crippen molar-refractivity contribution in [1.82, 2.24) is 14.4 Å². The lowest BCUT2D eigenvalue weighted by molar-refractivity contribution is -0.136. The number of amides is 1. The molecule has 2 aromatic rings. The fourth-order valence-corrected chi connectivity index (χ4v) is 4.62. The van der Waals surface area contributed by atoms with Crippen molar-refractivity contribution < 1.29 is 13.9 Å². The zero-order valence-corrected chi connectivity index (χ0v) is 16.8. The van der Waals surface area contributed by atoms with E-state index in [4.69, 9.17) is 4.74 Å². The zero-order valence-electron chi connectivity index (χ0n) is 16.8. The molecular formula is C22H26FN3O3. The number of ether oxygens (including phenoxy) is 1. The van der Waals surface area contributed by atoms with Gasteiger partial charge in [0.1, 0.15) is 11.6 Å². The van der Waals surface area contributed by atoms with Crippen LogP contribution in [0.25, 0.3) is 0 Å². The molecule has 1 fully saturated rings. The van der Waals surface area contributed by atoms with E-state index in [0.29, 0.717) is 18.8 Å². The molecule has 1 aromatic carbocycles. The normalized spacial score (nSPS) is 23.0. The van der Waals surface area contributed by atoms with Gasteiger partial charge in [0.25, 0.3) is 11.5 Å². The zero-order chi connectivity index (χ0) is 20.5. The Labute approximate surface area is 169 Å². The van der Waals surface area contributed by atoms with Crippen molar-refractivity contribution in [1.29, 1.82) is 0 Å². The Hall–Kier alpha value is -2.67. The molecule has 6 nitrogen and oxygen atoms in total. The van der Waals surface area contributed by atoms with E-state index >= 15 is 0 Å². The Morgan fingerprint density at radius 1 is 1.17 bits per heavy atom. The second-order valence-electron chi connectivity index (χ2n) is 8.22. The minimum Gasteiger partial charge on any atom is -0.484 e. The lowest BCUT2D eigenvalue weighted by Gasteiger charge is -2.47. The average Bonchev–Trinajstić information content (AvgIpc) is 2.70. The number of carbonyl (C=O) groups is 1. The number of likely N-dealkylation sites (tertiary alicyclic amines) is 1. The minimum absolute atomic E-state index is 0.0310. The van der Waals surface area contributed by atoms with Gasteiger partial charge in [-0.25, -0.2) is 4.39 Å². The minimum atomic E-state index is -0.339. The van der Waals surface area contributed by atoms with Crippen molar-refractivity contribution in [3.63, 3.8) is 0 Å². The molecule has 0 aliphatic carbocycles. The third-order valence-electron chi connectivity index (χ3n) is 5.88. The summed E-state index contributed by atoms with van der Waals surface area (Å²) in [5.74, 6) is 0.418. The average molecular weight is 399 g/mol. The number of pyridine rings is 1. The maximum atomic E-state index is 13.0. The smallest absolute Gasteiger partial charge is 0.260 e. The van der Waals surface area contributed by atoms with Crippen molar-refractivity contribution in [2.24, 2.45) is 5.92 Å². The largest absolute Gasteiger partial charge is 0.484 e. The lowest BCUT2D eigenvalue weighted by Crippen LogP contribution is -2.53. The number of fused-ring (bicyclic) bond motifs is 4. The van der Waals surface area contributed by atoms with Gasteiger partial charge in [-0.15, -0.1) is 0 Å². The van der Waals surface area contributed by atoms with Crippen LogP contribution in [0.3, 0.4) is 0 Å². The van der Waals surface area contributed by atoms with E-state index in [1.54, 1.807) is 12.1 Å². The van der Waals surface area contributed by atoms with Crippen LogP contribution in [0.4, 0.5) is 4.39 Å². The van der Waals surface area contributed by atoms with E-state index in [1.165, 1.54) is 24.3 Å². The fraction of sp³-hybridized carbons (Fsp3) is 0.455. The van der Waals surface area contributed by atoms with Crippen LogP contribution in [-0.4, -0.2) is 60.6 Å². The van der Waals surface area contributed by atoms with Gasteiger partial charge in [-0.05, 0) is 56.8 Å². The van der Waals surface area contributed by atoms with Crippen LogP contribution in [-0.2, 0) is 4.79 Å². The van der Waals surface area contributed by atoms with Gasteiger partial charge < -0.3 is 19.1 Å². The van der Waals surface area contributed by atoms with Gasteiger partial charge in [0.05, 0.1) is 6.04 Å². The first kappa shape index (κ1) is 19.6. The molecule has 1 amide bonds. The fourth-order valence-electron chi connectivity index (χ4n) is 4.62. The number of likely N-dealkylation sites (N-methyl/N-ethyl adjacent to an activating group) is 1. The number of hydrogen-bond donors (Lipinski definition) is 0. The van der Waals surface area contributed by atoms with Gasteiger partial charge in [0.15, 0.2) is 6.61 Å². The molecule has 0 spiro atoms. The van der Waals surface area contributed by atoms with Gasteiger partial charge in [-0.3, -0.25) is 9.59 Å². The molecule has 0 saturated carbocycles. The Balaban J connectivity index is 1.52. The molecule has 3 atom stereocenters. The van der Waals surface area contributed by atoms with E-state index in [1.807, 2.05) is 29.6 Å². The Morgan fingerprint density at radius 2 is 1.93 bits per heavy atom. The summed E-state index contributed by atoms with van der Waals surface area (Å²) in [4.78, 5) is 29.4. The highest BCUT2D eigenvalue weighted by atomic mass is 19.1. The van der Waals surface area contributed by atoms with Crippen LogP contribution in [0.1, 0.15) is 24.1 Å². The molecule has 29 heavy (non-hydrogen) atoms. The number of benzene rings is 1. The molecule has 1 aromatic heterocycles. The summed E-state index contributed by atoms with van der Waals surface area (Å²) in [6, 6.07) is 11.1. The number of halogens is 1. The number of hydrogen-bond acceptors (Lipinski definition) is 4. The maximum Gasteiger partial charge on any atom is 0.260 e. The van der Waals surface area contributed by atoms with Gasteiger partial charge in [-0.1, -0.05) is 6.07 Å². The van der Waals surface area contributed by atoms with Crippen LogP contribution < -0.4 is 10.3 Å². The molecule has 7 heteroatoms. The molecule has 2 aliphatic heterocycles. The summed E-state index contributed by atoms with van der Waals surface area (Å²) in [5, 5.41) is 0. The highest BCUT2D eigenvalue weighted by Gasteiger charge is 2.41. The number of piperidine rings is 1. The Morgan fingerprint density at radius 3 is 2.66 bits per heavy atom. The summed E-state index contributed by atoms with van der Waals surface area (Å²) in [6.07, 6.45) is 0.977. The predicted molar refractivity (Wildman–Crippen MR) is 108 cm³/mol. The Kier molecular flexibility index (Phi) is 5.41. The van der Waals surface area contributed by atoms with Crippen LogP contribution in [0.15, 0.2) is 47.3 Å². The SMILES string of the molecule is CN(C)C[C@H]1[C@H]2C[C@H](CN(C(=O)COc3ccc(F)cc3)C2)c2cccc(=O)n21. The first-order chi connectivity index (χ1) is 13.9. The molecule has 4 rings (SSSR count). The van der Waals surface area contributed by atoms with Crippen LogP contribution >= 0.6 is 0 Å². The van der Waals surface area contributed by atoms with Crippen LogP contribution in [0.5, 0.6) is 5.75 Å². The number of aromatic nitrogens is 1.